The van der Waals surface area contributed by atoms with Gasteiger partial charge >= 0.3 is 0 Å². The zero-order chi connectivity index (χ0) is 15.3. The lowest BCUT2D eigenvalue weighted by atomic mass is 9.75. The highest BCUT2D eigenvalue weighted by Gasteiger charge is 2.37. The highest BCUT2D eigenvalue weighted by Crippen LogP contribution is 2.41. The van der Waals surface area contributed by atoms with Gasteiger partial charge in [-0.05, 0) is 69.4 Å². The predicted molar refractivity (Wildman–Crippen MR) is 92.7 cm³/mol. The number of rotatable bonds is 7. The molecule has 1 N–H and O–H groups in total. The van der Waals surface area contributed by atoms with Gasteiger partial charge in [-0.2, -0.15) is 0 Å². The van der Waals surface area contributed by atoms with E-state index >= 15 is 0 Å². The lowest BCUT2D eigenvalue weighted by Crippen LogP contribution is -2.46. The minimum atomic E-state index is 0.566. The van der Waals surface area contributed by atoms with Gasteiger partial charge in [0.25, 0.3) is 0 Å². The summed E-state index contributed by atoms with van der Waals surface area (Å²) < 4.78 is 0. The lowest BCUT2D eigenvalue weighted by molar-refractivity contribution is 0.0842. The molecule has 0 aromatic rings. The van der Waals surface area contributed by atoms with Crippen molar-refractivity contribution in [3.05, 3.63) is 0 Å². The Balaban J connectivity index is 1.85. The van der Waals surface area contributed by atoms with Crippen molar-refractivity contribution in [1.29, 1.82) is 0 Å². The van der Waals surface area contributed by atoms with Crippen LogP contribution in [0.3, 0.4) is 0 Å². The summed E-state index contributed by atoms with van der Waals surface area (Å²) in [5, 5.41) is 3.71. The Hall–Kier alpha value is -0.0800. The molecule has 0 unspecified atom stereocenters. The first kappa shape index (κ1) is 17.3. The molecule has 0 spiro atoms. The van der Waals surface area contributed by atoms with E-state index in [0.29, 0.717) is 10.8 Å². The summed E-state index contributed by atoms with van der Waals surface area (Å²) in [6.45, 7) is 10.9. The summed E-state index contributed by atoms with van der Waals surface area (Å²) in [5.74, 6) is 0. The quantitative estimate of drug-likeness (QED) is 0.698. The Morgan fingerprint density at radius 3 is 2.24 bits per heavy atom. The Bertz CT molecular complexity index is 295. The second-order valence-electron chi connectivity index (χ2n) is 8.69. The van der Waals surface area contributed by atoms with Crippen molar-refractivity contribution in [3.63, 3.8) is 0 Å². The molecule has 0 heterocycles. The first-order chi connectivity index (χ1) is 9.96. The van der Waals surface area contributed by atoms with Crippen molar-refractivity contribution in [1.82, 2.24) is 10.2 Å². The fraction of sp³-hybridized carbons (Fsp3) is 1.00. The van der Waals surface area contributed by atoms with Gasteiger partial charge in [0.05, 0.1) is 0 Å². The molecular weight excluding hydrogens is 256 g/mol. The highest BCUT2D eigenvalue weighted by atomic mass is 15.1. The average Bonchev–Trinajstić information content (AvgIpc) is 2.87. The molecule has 0 aromatic heterocycles. The zero-order valence-corrected chi connectivity index (χ0v) is 15.0. The van der Waals surface area contributed by atoms with E-state index in [-0.39, 0.29) is 0 Å². The molecule has 2 rings (SSSR count). The monoisotopic (exact) mass is 294 g/mol. The van der Waals surface area contributed by atoms with Crippen molar-refractivity contribution < 1.29 is 0 Å². The molecule has 21 heavy (non-hydrogen) atoms. The summed E-state index contributed by atoms with van der Waals surface area (Å²) in [4.78, 5) is 2.72. The van der Waals surface area contributed by atoms with Gasteiger partial charge in [-0.25, -0.2) is 0 Å². The third-order valence-electron chi connectivity index (χ3n) is 6.11. The van der Waals surface area contributed by atoms with Crippen LogP contribution >= 0.6 is 0 Å². The van der Waals surface area contributed by atoms with Crippen molar-refractivity contribution in [2.75, 3.05) is 26.7 Å². The molecule has 0 atom stereocenters. The maximum atomic E-state index is 3.71. The number of nitrogens with one attached hydrogen (secondary N) is 1. The molecule has 2 saturated carbocycles. The van der Waals surface area contributed by atoms with Crippen LogP contribution in [0.15, 0.2) is 0 Å². The molecule has 2 fully saturated rings. The van der Waals surface area contributed by atoms with Crippen LogP contribution in [0.2, 0.25) is 0 Å². The van der Waals surface area contributed by atoms with Gasteiger partial charge < -0.3 is 10.2 Å². The summed E-state index contributed by atoms with van der Waals surface area (Å²) in [6.07, 6.45) is 12.6. The fourth-order valence-corrected chi connectivity index (χ4v) is 4.53. The van der Waals surface area contributed by atoms with Crippen LogP contribution < -0.4 is 5.32 Å². The molecule has 2 aliphatic carbocycles. The molecule has 0 amide bonds. The topological polar surface area (TPSA) is 15.3 Å². The molecule has 0 aliphatic heterocycles. The van der Waals surface area contributed by atoms with E-state index in [2.05, 4.69) is 38.0 Å². The maximum Gasteiger partial charge on any atom is 0.00928 e. The Morgan fingerprint density at radius 2 is 1.67 bits per heavy atom. The van der Waals surface area contributed by atoms with Gasteiger partial charge in [-0.15, -0.1) is 0 Å². The summed E-state index contributed by atoms with van der Waals surface area (Å²) in [5.41, 5.74) is 1.15. The van der Waals surface area contributed by atoms with E-state index in [1.165, 1.54) is 77.4 Å². The molecule has 124 valence electrons. The van der Waals surface area contributed by atoms with Crippen molar-refractivity contribution >= 4 is 0 Å². The first-order valence-corrected chi connectivity index (χ1v) is 9.37. The summed E-state index contributed by atoms with van der Waals surface area (Å²) >= 11 is 0. The molecule has 2 nitrogen and oxygen atoms in total. The largest absolute Gasteiger partial charge is 0.316 e. The summed E-state index contributed by atoms with van der Waals surface area (Å²) in [7, 11) is 2.39. The first-order valence-electron chi connectivity index (χ1n) is 9.37. The van der Waals surface area contributed by atoms with Crippen LogP contribution in [-0.2, 0) is 0 Å². The molecule has 0 radical (unpaired) electrons. The Labute approximate surface area is 133 Å². The van der Waals surface area contributed by atoms with Crippen molar-refractivity contribution in [2.24, 2.45) is 10.8 Å². The van der Waals surface area contributed by atoms with Gasteiger partial charge in [0.15, 0.2) is 0 Å². The molecule has 0 aromatic carbocycles. The second kappa shape index (κ2) is 7.46. The van der Waals surface area contributed by atoms with Crippen LogP contribution in [0.5, 0.6) is 0 Å². The maximum absolute atomic E-state index is 3.71. The van der Waals surface area contributed by atoms with Gasteiger partial charge in [-0.3, -0.25) is 0 Å². The molecule has 2 heteroatoms. The van der Waals surface area contributed by atoms with Gasteiger partial charge in [0, 0.05) is 19.1 Å². The van der Waals surface area contributed by atoms with Gasteiger partial charge in [0.2, 0.25) is 0 Å². The van der Waals surface area contributed by atoms with E-state index in [4.69, 9.17) is 0 Å². The smallest absolute Gasteiger partial charge is 0.00928 e. The van der Waals surface area contributed by atoms with Crippen LogP contribution in [0.25, 0.3) is 0 Å². The summed E-state index contributed by atoms with van der Waals surface area (Å²) in [6, 6.07) is 0.835. The van der Waals surface area contributed by atoms with E-state index in [1.807, 2.05) is 0 Å². The average molecular weight is 295 g/mol. The van der Waals surface area contributed by atoms with E-state index < -0.39 is 0 Å². The highest BCUT2D eigenvalue weighted by molar-refractivity contribution is 4.91. The minimum absolute atomic E-state index is 0.566. The second-order valence-corrected chi connectivity index (χ2v) is 8.69. The molecule has 0 bridgehead atoms. The number of nitrogens with zero attached hydrogens (tertiary/aromatic N) is 1. The minimum Gasteiger partial charge on any atom is -0.316 e. The van der Waals surface area contributed by atoms with Crippen LogP contribution in [-0.4, -0.2) is 37.6 Å². The third kappa shape index (κ3) is 4.96. The standard InChI is InChI=1S/C19H38N2/c1-5-14-20-15-19(10-6-7-11-19)16-21(4)17-8-12-18(2,3)13-9-17/h17,20H,5-16H2,1-4H3. The SMILES string of the molecule is CCCNCC1(CN(C)C2CCC(C)(C)CC2)CCCC1. The fourth-order valence-electron chi connectivity index (χ4n) is 4.53. The lowest BCUT2D eigenvalue weighted by Gasteiger charge is -2.42. The van der Waals surface area contributed by atoms with Crippen LogP contribution in [0, 0.1) is 10.8 Å². The van der Waals surface area contributed by atoms with Crippen LogP contribution in [0.4, 0.5) is 0 Å². The number of hydrogen-bond acceptors (Lipinski definition) is 2. The molecular formula is C19H38N2. The van der Waals surface area contributed by atoms with Crippen molar-refractivity contribution in [3.8, 4) is 0 Å². The van der Waals surface area contributed by atoms with Gasteiger partial charge in [-0.1, -0.05) is 33.6 Å². The van der Waals surface area contributed by atoms with Crippen LogP contribution in [0.1, 0.15) is 78.6 Å². The Morgan fingerprint density at radius 1 is 1.05 bits per heavy atom. The predicted octanol–water partition coefficient (Wildman–Crippen LogP) is 4.45. The van der Waals surface area contributed by atoms with Gasteiger partial charge in [0.1, 0.15) is 0 Å². The van der Waals surface area contributed by atoms with E-state index in [1.54, 1.807) is 0 Å². The van der Waals surface area contributed by atoms with Crippen molar-refractivity contribution in [2.45, 2.75) is 84.6 Å². The third-order valence-corrected chi connectivity index (χ3v) is 6.11. The molecule has 2 aliphatic rings. The normalized spacial score (nSPS) is 25.6. The Kier molecular flexibility index (Phi) is 6.14. The zero-order valence-electron chi connectivity index (χ0n) is 15.0. The number of hydrogen-bond donors (Lipinski definition) is 1. The van der Waals surface area contributed by atoms with E-state index in [0.717, 1.165) is 6.04 Å². The molecule has 0 saturated heterocycles. The van der Waals surface area contributed by atoms with E-state index in [9.17, 15) is 0 Å².